The zero-order valence-electron chi connectivity index (χ0n) is 17.1. The van der Waals surface area contributed by atoms with Crippen molar-refractivity contribution in [2.75, 3.05) is 0 Å². The molecule has 0 heterocycles. The molecule has 3 aromatic rings. The highest BCUT2D eigenvalue weighted by Crippen LogP contribution is 2.26. The van der Waals surface area contributed by atoms with E-state index in [4.69, 9.17) is 10.5 Å². The van der Waals surface area contributed by atoms with Gasteiger partial charge in [-0.2, -0.15) is 5.06 Å². The molecule has 0 fully saturated rings. The molecule has 3 N–H and O–H groups in total. The maximum absolute atomic E-state index is 13.6. The summed E-state index contributed by atoms with van der Waals surface area (Å²) in [5.41, 5.74) is 8.16. The molecule has 0 saturated carbocycles. The van der Waals surface area contributed by atoms with E-state index >= 15 is 0 Å². The summed E-state index contributed by atoms with van der Waals surface area (Å²) in [6.45, 7) is 1.75. The van der Waals surface area contributed by atoms with Crippen molar-refractivity contribution >= 4 is 5.91 Å². The predicted molar refractivity (Wildman–Crippen MR) is 112 cm³/mol. The fourth-order valence-electron chi connectivity index (χ4n) is 3.14. The lowest BCUT2D eigenvalue weighted by Gasteiger charge is -2.21. The Morgan fingerprint density at radius 1 is 1.00 bits per heavy atom. The number of nitrogens with zero attached hydrogens (tertiary/aromatic N) is 1. The zero-order valence-corrected chi connectivity index (χ0v) is 17.1. The van der Waals surface area contributed by atoms with Crippen LogP contribution in [-0.2, 0) is 24.4 Å². The molecular weight excluding hydrogens is 402 g/mol. The Kier molecular flexibility index (Phi) is 7.33. The average Bonchev–Trinajstić information content (AvgIpc) is 2.72. The van der Waals surface area contributed by atoms with Gasteiger partial charge in [-0.3, -0.25) is 4.79 Å². The Balaban J connectivity index is 1.84. The number of nitrogens with two attached hydrogens (primary N) is 1. The summed E-state index contributed by atoms with van der Waals surface area (Å²) in [6, 6.07) is 16.9. The van der Waals surface area contributed by atoms with Crippen molar-refractivity contribution < 1.29 is 23.5 Å². The minimum atomic E-state index is -0.851. The van der Waals surface area contributed by atoms with Gasteiger partial charge in [0.1, 0.15) is 30.0 Å². The summed E-state index contributed by atoms with van der Waals surface area (Å²) in [5, 5.41) is 11.0. The quantitative estimate of drug-likeness (QED) is 0.503. The number of benzene rings is 3. The van der Waals surface area contributed by atoms with E-state index in [0.29, 0.717) is 17.7 Å². The minimum absolute atomic E-state index is 0.0738. The van der Waals surface area contributed by atoms with Crippen LogP contribution in [0.3, 0.4) is 0 Å². The van der Waals surface area contributed by atoms with Crippen LogP contribution in [0.2, 0.25) is 0 Å². The Morgan fingerprint density at radius 2 is 1.65 bits per heavy atom. The smallest absolute Gasteiger partial charge is 0.236 e. The van der Waals surface area contributed by atoms with Crippen molar-refractivity contribution in [1.29, 1.82) is 0 Å². The van der Waals surface area contributed by atoms with Gasteiger partial charge in [-0.25, -0.2) is 8.78 Å². The van der Waals surface area contributed by atoms with Crippen LogP contribution in [0, 0.1) is 11.6 Å². The number of hydrogen-bond acceptors (Lipinski definition) is 4. The van der Waals surface area contributed by atoms with Crippen molar-refractivity contribution in [2.45, 2.75) is 32.5 Å². The Labute approximate surface area is 179 Å². The largest absolute Gasteiger partial charge is 0.489 e. The standard InChI is InChI=1S/C24H24F2N2O3/c1-16(24(27)29)28(30)14-18-8-9-23(31-15-19-5-3-7-22(26)13-19)20(11-18)10-17-4-2-6-21(25)12-17/h2-9,11-13,16,30H,10,14-15H2,1H3,(H2,27,29)/t16-/m0/s1. The molecule has 0 aromatic heterocycles. The summed E-state index contributed by atoms with van der Waals surface area (Å²) in [6.07, 6.45) is 0.390. The number of hydrogen-bond donors (Lipinski definition) is 2. The summed E-state index contributed by atoms with van der Waals surface area (Å²) in [5.74, 6) is -0.766. The van der Waals surface area contributed by atoms with Gasteiger partial charge < -0.3 is 15.7 Å². The number of hydroxylamine groups is 2. The predicted octanol–water partition coefficient (Wildman–Crippen LogP) is 4.20. The highest BCUT2D eigenvalue weighted by atomic mass is 19.1. The maximum atomic E-state index is 13.6. The number of amides is 1. The lowest BCUT2D eigenvalue weighted by molar-refractivity contribution is -0.153. The zero-order chi connectivity index (χ0) is 22.4. The van der Waals surface area contributed by atoms with Crippen molar-refractivity contribution in [3.63, 3.8) is 0 Å². The molecule has 0 bridgehead atoms. The summed E-state index contributed by atoms with van der Waals surface area (Å²) in [4.78, 5) is 11.3. The van der Waals surface area contributed by atoms with Crippen molar-refractivity contribution in [2.24, 2.45) is 5.73 Å². The Morgan fingerprint density at radius 3 is 2.29 bits per heavy atom. The molecular formula is C24H24F2N2O3. The number of carbonyl (C=O) groups is 1. The van der Waals surface area contributed by atoms with Gasteiger partial charge in [0.05, 0.1) is 0 Å². The first-order valence-electron chi connectivity index (χ1n) is 9.80. The number of rotatable bonds is 9. The van der Waals surface area contributed by atoms with E-state index in [1.807, 2.05) is 6.07 Å². The van der Waals surface area contributed by atoms with Crippen LogP contribution in [0.4, 0.5) is 8.78 Å². The SMILES string of the molecule is C[C@@H](C(N)=O)N(O)Cc1ccc(OCc2cccc(F)c2)c(Cc2cccc(F)c2)c1. The highest BCUT2D eigenvalue weighted by molar-refractivity contribution is 5.79. The van der Waals surface area contributed by atoms with Gasteiger partial charge in [0.25, 0.3) is 0 Å². The normalized spacial score (nSPS) is 12.0. The first-order valence-corrected chi connectivity index (χ1v) is 9.80. The van der Waals surface area contributed by atoms with E-state index in [1.54, 1.807) is 36.4 Å². The molecule has 7 heteroatoms. The van der Waals surface area contributed by atoms with Gasteiger partial charge >= 0.3 is 0 Å². The second kappa shape index (κ2) is 10.1. The van der Waals surface area contributed by atoms with Crippen LogP contribution in [0.1, 0.15) is 29.2 Å². The lowest BCUT2D eigenvalue weighted by Crippen LogP contribution is -2.40. The number of primary amides is 1. The fourth-order valence-corrected chi connectivity index (χ4v) is 3.14. The molecule has 3 aromatic carbocycles. The third kappa shape index (κ3) is 6.34. The molecule has 5 nitrogen and oxygen atoms in total. The number of ether oxygens (including phenoxy) is 1. The second-order valence-electron chi connectivity index (χ2n) is 7.34. The van der Waals surface area contributed by atoms with Gasteiger partial charge in [-0.15, -0.1) is 0 Å². The lowest BCUT2D eigenvalue weighted by atomic mass is 10.0. The first kappa shape index (κ1) is 22.4. The molecule has 0 aliphatic heterocycles. The average molecular weight is 426 g/mol. The van der Waals surface area contributed by atoms with Gasteiger partial charge in [0, 0.05) is 13.0 Å². The van der Waals surface area contributed by atoms with Crippen molar-refractivity contribution in [3.05, 3.63) is 101 Å². The molecule has 0 saturated heterocycles. The fraction of sp³-hybridized carbons (Fsp3) is 0.208. The van der Waals surface area contributed by atoms with Gasteiger partial charge in [-0.05, 0) is 59.5 Å². The molecule has 0 unspecified atom stereocenters. The van der Waals surface area contributed by atoms with E-state index in [9.17, 15) is 18.8 Å². The van der Waals surface area contributed by atoms with Crippen LogP contribution in [-0.4, -0.2) is 22.2 Å². The molecule has 0 aliphatic rings. The van der Waals surface area contributed by atoms with E-state index in [-0.39, 0.29) is 24.8 Å². The second-order valence-corrected chi connectivity index (χ2v) is 7.34. The highest BCUT2D eigenvalue weighted by Gasteiger charge is 2.18. The molecule has 3 rings (SSSR count). The topological polar surface area (TPSA) is 75.8 Å². The van der Waals surface area contributed by atoms with Crippen LogP contribution in [0.5, 0.6) is 5.75 Å². The van der Waals surface area contributed by atoms with E-state index in [0.717, 1.165) is 21.8 Å². The molecule has 0 spiro atoms. The third-order valence-corrected chi connectivity index (χ3v) is 4.90. The summed E-state index contributed by atoms with van der Waals surface area (Å²) in [7, 11) is 0. The van der Waals surface area contributed by atoms with Crippen LogP contribution in [0.15, 0.2) is 66.7 Å². The number of carbonyl (C=O) groups excluding carboxylic acids is 1. The van der Waals surface area contributed by atoms with Gasteiger partial charge in [0.15, 0.2) is 0 Å². The van der Waals surface area contributed by atoms with Crippen molar-refractivity contribution in [1.82, 2.24) is 5.06 Å². The van der Waals surface area contributed by atoms with Gasteiger partial charge in [-0.1, -0.05) is 36.4 Å². The van der Waals surface area contributed by atoms with E-state index < -0.39 is 11.9 Å². The Hall–Kier alpha value is -3.29. The van der Waals surface area contributed by atoms with Crippen LogP contribution >= 0.6 is 0 Å². The summed E-state index contributed by atoms with van der Waals surface area (Å²) >= 11 is 0. The molecule has 31 heavy (non-hydrogen) atoms. The summed E-state index contributed by atoms with van der Waals surface area (Å²) < 4.78 is 33.0. The third-order valence-electron chi connectivity index (χ3n) is 4.90. The van der Waals surface area contributed by atoms with Crippen LogP contribution < -0.4 is 10.5 Å². The van der Waals surface area contributed by atoms with Crippen molar-refractivity contribution in [3.8, 4) is 5.75 Å². The monoisotopic (exact) mass is 426 g/mol. The van der Waals surface area contributed by atoms with E-state index in [2.05, 4.69) is 0 Å². The first-order chi connectivity index (χ1) is 14.8. The van der Waals surface area contributed by atoms with Crippen LogP contribution in [0.25, 0.3) is 0 Å². The molecule has 0 aliphatic carbocycles. The molecule has 162 valence electrons. The molecule has 1 amide bonds. The molecule has 0 radical (unpaired) electrons. The van der Waals surface area contributed by atoms with E-state index in [1.165, 1.54) is 31.2 Å². The molecule has 1 atom stereocenters. The minimum Gasteiger partial charge on any atom is -0.489 e. The number of halogens is 2. The van der Waals surface area contributed by atoms with Gasteiger partial charge in [0.2, 0.25) is 5.91 Å². The Bertz CT molecular complexity index is 1060. The maximum Gasteiger partial charge on any atom is 0.236 e.